The van der Waals surface area contributed by atoms with E-state index < -0.39 is 0 Å². The van der Waals surface area contributed by atoms with Crippen molar-refractivity contribution in [1.82, 2.24) is 0 Å². The molecule has 2 aliphatic rings. The van der Waals surface area contributed by atoms with E-state index in [1.807, 2.05) is 6.92 Å². The van der Waals surface area contributed by atoms with Crippen molar-refractivity contribution < 1.29 is 9.53 Å². The number of cyclic esters (lactones) is 1. The fourth-order valence-electron chi connectivity index (χ4n) is 2.79. The molecule has 4 atom stereocenters. The molecule has 1 heterocycles. The molecule has 0 aromatic carbocycles. The smallest absolute Gasteiger partial charge is 0.309 e. The highest BCUT2D eigenvalue weighted by Gasteiger charge is 2.41. The summed E-state index contributed by atoms with van der Waals surface area (Å²) in [6.07, 6.45) is 4.13. The molecule has 1 saturated carbocycles. The SMILES string of the molecule is CC(C1CCC1)[C@@H](N=[N+]=[N-])C1C[C@@H](C)C(=O)O1. The van der Waals surface area contributed by atoms with Gasteiger partial charge in [-0.05, 0) is 23.8 Å². The first kappa shape index (κ1) is 12.2. The van der Waals surface area contributed by atoms with Gasteiger partial charge in [0.2, 0.25) is 0 Å². The van der Waals surface area contributed by atoms with Crippen LogP contribution in [0.5, 0.6) is 0 Å². The molecular formula is C12H19N3O2. The highest BCUT2D eigenvalue weighted by atomic mass is 16.6. The van der Waals surface area contributed by atoms with Crippen LogP contribution in [0.25, 0.3) is 10.4 Å². The van der Waals surface area contributed by atoms with Crippen molar-refractivity contribution in [3.8, 4) is 0 Å². The van der Waals surface area contributed by atoms with Gasteiger partial charge in [-0.1, -0.05) is 38.2 Å². The van der Waals surface area contributed by atoms with Gasteiger partial charge in [-0.2, -0.15) is 0 Å². The lowest BCUT2D eigenvalue weighted by molar-refractivity contribution is -0.145. The fraction of sp³-hybridized carbons (Fsp3) is 0.917. The monoisotopic (exact) mass is 237 g/mol. The number of carbonyl (C=O) groups excluding carboxylic acids is 1. The quantitative estimate of drug-likeness (QED) is 0.326. The van der Waals surface area contributed by atoms with Gasteiger partial charge in [0, 0.05) is 4.91 Å². The molecule has 0 amide bonds. The van der Waals surface area contributed by atoms with Crippen LogP contribution in [0.15, 0.2) is 5.11 Å². The van der Waals surface area contributed by atoms with Gasteiger partial charge in [-0.15, -0.1) is 0 Å². The van der Waals surface area contributed by atoms with Crippen molar-refractivity contribution in [1.29, 1.82) is 0 Å². The van der Waals surface area contributed by atoms with Gasteiger partial charge in [0.1, 0.15) is 6.10 Å². The summed E-state index contributed by atoms with van der Waals surface area (Å²) in [4.78, 5) is 14.3. The standard InChI is InChI=1S/C12H19N3O2/c1-7-6-10(17-12(7)16)11(14-15-13)8(2)9-4-3-5-9/h7-11H,3-6H2,1-2H3/t7-,8?,10?,11-/m1/s1. The van der Waals surface area contributed by atoms with Crippen LogP contribution in [0.1, 0.15) is 39.5 Å². The number of azide groups is 1. The topological polar surface area (TPSA) is 75.1 Å². The van der Waals surface area contributed by atoms with E-state index >= 15 is 0 Å². The summed E-state index contributed by atoms with van der Waals surface area (Å²) in [6.45, 7) is 3.98. The minimum atomic E-state index is -0.219. The van der Waals surface area contributed by atoms with E-state index in [4.69, 9.17) is 10.3 Å². The van der Waals surface area contributed by atoms with Gasteiger partial charge in [0.05, 0.1) is 12.0 Å². The second kappa shape index (κ2) is 4.96. The molecule has 5 heteroatoms. The lowest BCUT2D eigenvalue weighted by atomic mass is 9.72. The summed E-state index contributed by atoms with van der Waals surface area (Å²) in [6, 6.07) is -0.195. The van der Waals surface area contributed by atoms with Crippen molar-refractivity contribution in [2.75, 3.05) is 0 Å². The Bertz CT molecular complexity index is 348. The number of esters is 1. The molecule has 94 valence electrons. The third-order valence-electron chi connectivity index (χ3n) is 4.25. The van der Waals surface area contributed by atoms with Gasteiger partial charge in [0.15, 0.2) is 0 Å². The zero-order chi connectivity index (χ0) is 12.4. The minimum absolute atomic E-state index is 0.0648. The first-order valence-corrected chi connectivity index (χ1v) is 6.38. The van der Waals surface area contributed by atoms with E-state index in [0.717, 1.165) is 0 Å². The maximum absolute atomic E-state index is 11.4. The largest absolute Gasteiger partial charge is 0.462 e. The average molecular weight is 237 g/mol. The molecule has 0 aromatic rings. The molecule has 0 bridgehead atoms. The molecule has 1 aliphatic carbocycles. The number of rotatable bonds is 4. The van der Waals surface area contributed by atoms with Crippen molar-refractivity contribution in [3.05, 3.63) is 10.4 Å². The van der Waals surface area contributed by atoms with Crippen molar-refractivity contribution in [2.24, 2.45) is 22.9 Å². The lowest BCUT2D eigenvalue weighted by Gasteiger charge is -2.36. The molecule has 5 nitrogen and oxygen atoms in total. The zero-order valence-corrected chi connectivity index (χ0v) is 10.4. The summed E-state index contributed by atoms with van der Waals surface area (Å²) in [5, 5.41) is 3.88. The third-order valence-corrected chi connectivity index (χ3v) is 4.25. The molecule has 2 rings (SSSR count). The van der Waals surface area contributed by atoms with E-state index in [-0.39, 0.29) is 24.0 Å². The molecule has 0 aromatic heterocycles. The maximum atomic E-state index is 11.4. The Hall–Kier alpha value is -1.22. The van der Waals surface area contributed by atoms with Gasteiger partial charge in [0.25, 0.3) is 0 Å². The highest BCUT2D eigenvalue weighted by Crippen LogP contribution is 2.39. The Morgan fingerprint density at radius 2 is 2.24 bits per heavy atom. The number of carbonyl (C=O) groups is 1. The van der Waals surface area contributed by atoms with E-state index in [9.17, 15) is 4.79 Å². The van der Waals surface area contributed by atoms with Crippen LogP contribution in [0, 0.1) is 17.8 Å². The molecule has 2 unspecified atom stereocenters. The predicted octanol–water partition coefficient (Wildman–Crippen LogP) is 3.05. The number of ether oxygens (including phenoxy) is 1. The lowest BCUT2D eigenvalue weighted by Crippen LogP contribution is -2.36. The van der Waals surface area contributed by atoms with E-state index in [0.29, 0.717) is 18.3 Å². The highest BCUT2D eigenvalue weighted by molar-refractivity contribution is 5.74. The predicted molar refractivity (Wildman–Crippen MR) is 63.1 cm³/mol. The van der Waals surface area contributed by atoms with Crippen molar-refractivity contribution >= 4 is 5.97 Å². The van der Waals surface area contributed by atoms with Crippen molar-refractivity contribution in [2.45, 2.75) is 51.7 Å². The number of hydrogen-bond acceptors (Lipinski definition) is 3. The number of hydrogen-bond donors (Lipinski definition) is 0. The molecular weight excluding hydrogens is 218 g/mol. The summed E-state index contributed by atoms with van der Waals surface area (Å²) >= 11 is 0. The molecule has 0 radical (unpaired) electrons. The van der Waals surface area contributed by atoms with Gasteiger partial charge in [-0.25, -0.2) is 0 Å². The average Bonchev–Trinajstić information content (AvgIpc) is 2.52. The molecule has 1 aliphatic heterocycles. The Balaban J connectivity index is 2.06. The Morgan fingerprint density at radius 3 is 2.65 bits per heavy atom. The van der Waals surface area contributed by atoms with Gasteiger partial charge in [-0.3, -0.25) is 4.79 Å². The second-order valence-corrected chi connectivity index (χ2v) is 5.36. The number of nitrogens with zero attached hydrogens (tertiary/aromatic N) is 3. The maximum Gasteiger partial charge on any atom is 0.309 e. The zero-order valence-electron chi connectivity index (χ0n) is 10.4. The Kier molecular flexibility index (Phi) is 3.57. The van der Waals surface area contributed by atoms with E-state index in [1.54, 1.807) is 0 Å². The molecule has 0 spiro atoms. The molecule has 0 N–H and O–H groups in total. The van der Waals surface area contributed by atoms with Crippen LogP contribution in [0.2, 0.25) is 0 Å². The summed E-state index contributed by atoms with van der Waals surface area (Å²) < 4.78 is 5.32. The summed E-state index contributed by atoms with van der Waals surface area (Å²) in [7, 11) is 0. The van der Waals surface area contributed by atoms with Crippen LogP contribution in [-0.4, -0.2) is 18.1 Å². The van der Waals surface area contributed by atoms with Crippen LogP contribution < -0.4 is 0 Å². The van der Waals surface area contributed by atoms with E-state index in [1.165, 1.54) is 19.3 Å². The third kappa shape index (κ3) is 2.39. The Morgan fingerprint density at radius 1 is 1.53 bits per heavy atom. The normalized spacial score (nSPS) is 32.2. The first-order valence-electron chi connectivity index (χ1n) is 6.38. The van der Waals surface area contributed by atoms with E-state index in [2.05, 4.69) is 16.9 Å². The first-order chi connectivity index (χ1) is 8.13. The summed E-state index contributed by atoms with van der Waals surface area (Å²) in [5.41, 5.74) is 8.67. The van der Waals surface area contributed by atoms with Crippen LogP contribution in [0.3, 0.4) is 0 Å². The van der Waals surface area contributed by atoms with Crippen LogP contribution in [-0.2, 0) is 9.53 Å². The molecule has 17 heavy (non-hydrogen) atoms. The minimum Gasteiger partial charge on any atom is -0.462 e. The van der Waals surface area contributed by atoms with Crippen LogP contribution >= 0.6 is 0 Å². The Labute approximate surface area is 101 Å². The fourth-order valence-corrected chi connectivity index (χ4v) is 2.79. The van der Waals surface area contributed by atoms with Gasteiger partial charge < -0.3 is 4.74 Å². The van der Waals surface area contributed by atoms with Crippen molar-refractivity contribution in [3.63, 3.8) is 0 Å². The van der Waals surface area contributed by atoms with Gasteiger partial charge >= 0.3 is 5.97 Å². The molecule has 1 saturated heterocycles. The molecule has 2 fully saturated rings. The van der Waals surface area contributed by atoms with Crippen LogP contribution in [0.4, 0.5) is 0 Å². The summed E-state index contributed by atoms with van der Waals surface area (Å²) in [5.74, 6) is 0.710. The second-order valence-electron chi connectivity index (χ2n) is 5.36.